The molecule has 0 spiro atoms. The molecule has 1 N–H and O–H groups in total. The lowest BCUT2D eigenvalue weighted by atomic mass is 10.0. The van der Waals surface area contributed by atoms with E-state index in [1.54, 1.807) is 7.11 Å². The van der Waals surface area contributed by atoms with E-state index in [1.165, 1.54) is 18.4 Å². The van der Waals surface area contributed by atoms with Gasteiger partial charge in [-0.2, -0.15) is 0 Å². The van der Waals surface area contributed by atoms with Gasteiger partial charge in [0.15, 0.2) is 0 Å². The third kappa shape index (κ3) is 4.80. The molecule has 0 heterocycles. The summed E-state index contributed by atoms with van der Waals surface area (Å²) >= 11 is 0. The van der Waals surface area contributed by atoms with Gasteiger partial charge in [-0.25, -0.2) is 0 Å². The van der Waals surface area contributed by atoms with Gasteiger partial charge in [0.05, 0.1) is 13.7 Å². The van der Waals surface area contributed by atoms with Gasteiger partial charge in [0.25, 0.3) is 0 Å². The SMILES string of the molecule is COc1ccc(C(NCCOCC(C)C)C2CC2)cc1. The smallest absolute Gasteiger partial charge is 0.118 e. The van der Waals surface area contributed by atoms with Gasteiger partial charge in [0.1, 0.15) is 5.75 Å². The average Bonchev–Trinajstić information content (AvgIpc) is 3.27. The molecule has 0 amide bonds. The van der Waals surface area contributed by atoms with E-state index in [2.05, 4.69) is 31.3 Å². The van der Waals surface area contributed by atoms with Crippen LogP contribution in [0.15, 0.2) is 24.3 Å². The second-order valence-corrected chi connectivity index (χ2v) is 6.01. The molecule has 1 aromatic carbocycles. The third-order valence-corrected chi connectivity index (χ3v) is 3.63. The van der Waals surface area contributed by atoms with Gasteiger partial charge >= 0.3 is 0 Å². The highest BCUT2D eigenvalue weighted by molar-refractivity contribution is 5.30. The van der Waals surface area contributed by atoms with E-state index >= 15 is 0 Å². The number of hydrogen-bond acceptors (Lipinski definition) is 3. The molecule has 112 valence electrons. The first-order valence-corrected chi connectivity index (χ1v) is 7.65. The predicted molar refractivity (Wildman–Crippen MR) is 82.1 cm³/mol. The van der Waals surface area contributed by atoms with Crippen molar-refractivity contribution in [3.05, 3.63) is 29.8 Å². The summed E-state index contributed by atoms with van der Waals surface area (Å²) in [6.07, 6.45) is 2.66. The Morgan fingerprint density at radius 1 is 1.20 bits per heavy atom. The van der Waals surface area contributed by atoms with Crippen molar-refractivity contribution in [1.29, 1.82) is 0 Å². The summed E-state index contributed by atoms with van der Waals surface area (Å²) in [7, 11) is 1.71. The minimum absolute atomic E-state index is 0.462. The van der Waals surface area contributed by atoms with E-state index in [0.29, 0.717) is 12.0 Å². The standard InChI is InChI=1S/C17H27NO2/c1-13(2)12-20-11-10-18-17(14-4-5-14)15-6-8-16(19-3)9-7-15/h6-9,13-14,17-18H,4-5,10-12H2,1-3H3. The van der Waals surface area contributed by atoms with Gasteiger partial charge in [-0.1, -0.05) is 26.0 Å². The third-order valence-electron chi connectivity index (χ3n) is 3.63. The highest BCUT2D eigenvalue weighted by Gasteiger charge is 2.31. The van der Waals surface area contributed by atoms with Crippen LogP contribution in [0.2, 0.25) is 0 Å². The molecule has 0 aliphatic heterocycles. The van der Waals surface area contributed by atoms with Crippen LogP contribution in [0.1, 0.15) is 38.3 Å². The van der Waals surface area contributed by atoms with Crippen LogP contribution in [-0.2, 0) is 4.74 Å². The fraction of sp³-hybridized carbons (Fsp3) is 0.647. The lowest BCUT2D eigenvalue weighted by Crippen LogP contribution is -2.27. The first-order chi connectivity index (χ1) is 9.70. The minimum atomic E-state index is 0.462. The lowest BCUT2D eigenvalue weighted by molar-refractivity contribution is 0.109. The molecule has 0 saturated heterocycles. The molecule has 3 nitrogen and oxygen atoms in total. The lowest BCUT2D eigenvalue weighted by Gasteiger charge is -2.19. The number of benzene rings is 1. The highest BCUT2D eigenvalue weighted by Crippen LogP contribution is 2.41. The van der Waals surface area contributed by atoms with E-state index in [-0.39, 0.29) is 0 Å². The van der Waals surface area contributed by atoms with Crippen LogP contribution < -0.4 is 10.1 Å². The minimum Gasteiger partial charge on any atom is -0.497 e. The van der Waals surface area contributed by atoms with Crippen molar-refractivity contribution < 1.29 is 9.47 Å². The Balaban J connectivity index is 1.81. The Morgan fingerprint density at radius 2 is 1.90 bits per heavy atom. The molecular weight excluding hydrogens is 250 g/mol. The van der Waals surface area contributed by atoms with Crippen LogP contribution in [0.3, 0.4) is 0 Å². The molecule has 1 saturated carbocycles. The van der Waals surface area contributed by atoms with Crippen molar-refractivity contribution in [2.75, 3.05) is 26.9 Å². The van der Waals surface area contributed by atoms with Crippen LogP contribution in [-0.4, -0.2) is 26.9 Å². The maximum atomic E-state index is 5.64. The zero-order valence-electron chi connectivity index (χ0n) is 12.9. The molecule has 1 aliphatic rings. The van der Waals surface area contributed by atoms with Gasteiger partial charge in [-0.3, -0.25) is 0 Å². The molecule has 1 aliphatic carbocycles. The van der Waals surface area contributed by atoms with E-state index in [4.69, 9.17) is 9.47 Å². The number of rotatable bonds is 9. The molecule has 1 unspecified atom stereocenters. The highest BCUT2D eigenvalue weighted by atomic mass is 16.5. The van der Waals surface area contributed by atoms with Gasteiger partial charge in [-0.05, 0) is 42.4 Å². The van der Waals surface area contributed by atoms with Gasteiger partial charge in [0, 0.05) is 19.2 Å². The fourth-order valence-corrected chi connectivity index (χ4v) is 2.40. The zero-order chi connectivity index (χ0) is 14.4. The molecule has 1 atom stereocenters. The molecule has 3 heteroatoms. The second-order valence-electron chi connectivity index (χ2n) is 6.01. The summed E-state index contributed by atoms with van der Waals surface area (Å²) in [5, 5.41) is 3.64. The van der Waals surface area contributed by atoms with Crippen LogP contribution in [0.5, 0.6) is 5.75 Å². The summed E-state index contributed by atoms with van der Waals surface area (Å²) in [6.45, 7) is 6.91. The van der Waals surface area contributed by atoms with Gasteiger partial charge < -0.3 is 14.8 Å². The quantitative estimate of drug-likeness (QED) is 0.702. The molecule has 2 rings (SSSR count). The summed E-state index contributed by atoms with van der Waals surface area (Å²) in [6, 6.07) is 8.89. The Morgan fingerprint density at radius 3 is 2.45 bits per heavy atom. The Kier molecular flexibility index (Phi) is 5.86. The first kappa shape index (κ1) is 15.3. The topological polar surface area (TPSA) is 30.5 Å². The van der Waals surface area contributed by atoms with Crippen molar-refractivity contribution in [2.24, 2.45) is 11.8 Å². The second kappa shape index (κ2) is 7.65. The molecule has 1 aromatic rings. The van der Waals surface area contributed by atoms with Gasteiger partial charge in [0.2, 0.25) is 0 Å². The largest absolute Gasteiger partial charge is 0.497 e. The number of ether oxygens (including phenoxy) is 2. The van der Waals surface area contributed by atoms with Crippen molar-refractivity contribution >= 4 is 0 Å². The molecule has 0 bridgehead atoms. The molecular formula is C17H27NO2. The summed E-state index contributed by atoms with van der Waals surface area (Å²) < 4.78 is 10.9. The first-order valence-electron chi connectivity index (χ1n) is 7.65. The zero-order valence-corrected chi connectivity index (χ0v) is 12.9. The van der Waals surface area contributed by atoms with Crippen LogP contribution >= 0.6 is 0 Å². The van der Waals surface area contributed by atoms with Crippen molar-refractivity contribution in [3.63, 3.8) is 0 Å². The molecule has 20 heavy (non-hydrogen) atoms. The normalized spacial score (nSPS) is 16.4. The Bertz CT molecular complexity index is 384. The summed E-state index contributed by atoms with van der Waals surface area (Å²) in [4.78, 5) is 0. The summed E-state index contributed by atoms with van der Waals surface area (Å²) in [5.41, 5.74) is 1.36. The van der Waals surface area contributed by atoms with E-state index in [0.717, 1.165) is 31.4 Å². The van der Waals surface area contributed by atoms with Crippen molar-refractivity contribution in [1.82, 2.24) is 5.32 Å². The van der Waals surface area contributed by atoms with Gasteiger partial charge in [-0.15, -0.1) is 0 Å². The maximum absolute atomic E-state index is 5.64. The van der Waals surface area contributed by atoms with E-state index in [9.17, 15) is 0 Å². The van der Waals surface area contributed by atoms with Crippen molar-refractivity contribution in [2.45, 2.75) is 32.7 Å². The average molecular weight is 277 g/mol. The monoisotopic (exact) mass is 277 g/mol. The van der Waals surface area contributed by atoms with E-state index in [1.807, 2.05) is 12.1 Å². The predicted octanol–water partition coefficient (Wildman–Crippen LogP) is 3.41. The fourth-order valence-electron chi connectivity index (χ4n) is 2.40. The Labute approximate surface area is 122 Å². The number of hydrogen-bond donors (Lipinski definition) is 1. The molecule has 1 fully saturated rings. The number of methoxy groups -OCH3 is 1. The van der Waals surface area contributed by atoms with Crippen LogP contribution in [0, 0.1) is 11.8 Å². The maximum Gasteiger partial charge on any atom is 0.118 e. The van der Waals surface area contributed by atoms with E-state index < -0.39 is 0 Å². The molecule has 0 radical (unpaired) electrons. The number of nitrogens with one attached hydrogen (secondary N) is 1. The Hall–Kier alpha value is -1.06. The van der Waals surface area contributed by atoms with Crippen LogP contribution in [0.25, 0.3) is 0 Å². The molecule has 0 aromatic heterocycles. The van der Waals surface area contributed by atoms with Crippen LogP contribution in [0.4, 0.5) is 0 Å². The van der Waals surface area contributed by atoms with Crippen molar-refractivity contribution in [3.8, 4) is 5.75 Å². The summed E-state index contributed by atoms with van der Waals surface area (Å²) in [5.74, 6) is 2.31.